The summed E-state index contributed by atoms with van der Waals surface area (Å²) in [4.78, 5) is 27.0. The molecule has 0 atom stereocenters. The van der Waals surface area contributed by atoms with Crippen LogP contribution in [0.1, 0.15) is 40.8 Å². The first kappa shape index (κ1) is 15.0. The van der Waals surface area contributed by atoms with E-state index in [1.807, 2.05) is 18.1 Å². The van der Waals surface area contributed by atoms with Crippen LogP contribution in [0.15, 0.2) is 17.6 Å². The number of H-pyrrole nitrogens is 1. The number of rotatable bonds is 3. The molecular weight excluding hydrogens is 300 g/mol. The van der Waals surface area contributed by atoms with Gasteiger partial charge in [0.15, 0.2) is 11.0 Å². The van der Waals surface area contributed by atoms with Gasteiger partial charge in [0.05, 0.1) is 5.56 Å². The third-order valence-corrected chi connectivity index (χ3v) is 4.40. The highest BCUT2D eigenvalue weighted by atomic mass is 32.2. The number of carbonyl (C=O) groups excluding carboxylic acids is 1. The third-order valence-electron chi connectivity index (χ3n) is 3.82. The molecule has 8 heteroatoms. The Bertz CT molecular complexity index is 648. The molecule has 3 rings (SSSR count). The molecule has 3 heterocycles. The SMILES string of the molecule is CSc1ncc(C(=O)N2CCC(c3n[nH]c(C)n3)CC2)cn1. The second-order valence-electron chi connectivity index (χ2n) is 5.30. The number of aromatic nitrogens is 5. The molecule has 1 saturated heterocycles. The predicted molar refractivity (Wildman–Crippen MR) is 82.8 cm³/mol. The van der Waals surface area contributed by atoms with Crippen molar-refractivity contribution in [2.75, 3.05) is 19.3 Å². The van der Waals surface area contributed by atoms with Gasteiger partial charge in [-0.05, 0) is 26.0 Å². The van der Waals surface area contributed by atoms with Gasteiger partial charge in [0.25, 0.3) is 5.91 Å². The van der Waals surface area contributed by atoms with Crippen LogP contribution >= 0.6 is 11.8 Å². The van der Waals surface area contributed by atoms with Crippen LogP contribution in [0.3, 0.4) is 0 Å². The molecule has 0 unspecified atom stereocenters. The number of thioether (sulfide) groups is 1. The maximum absolute atomic E-state index is 12.4. The Morgan fingerprint density at radius 3 is 2.55 bits per heavy atom. The van der Waals surface area contributed by atoms with Gasteiger partial charge < -0.3 is 4.90 Å². The lowest BCUT2D eigenvalue weighted by Crippen LogP contribution is -2.38. The quantitative estimate of drug-likeness (QED) is 0.684. The van der Waals surface area contributed by atoms with Crippen molar-refractivity contribution in [1.29, 1.82) is 0 Å². The second-order valence-corrected chi connectivity index (χ2v) is 6.08. The normalized spacial score (nSPS) is 16.0. The molecular formula is C14H18N6OS. The van der Waals surface area contributed by atoms with Crippen LogP contribution in [-0.4, -0.2) is 55.3 Å². The number of amides is 1. The lowest BCUT2D eigenvalue weighted by atomic mass is 9.96. The molecule has 22 heavy (non-hydrogen) atoms. The number of piperidine rings is 1. The number of aryl methyl sites for hydroxylation is 1. The van der Waals surface area contributed by atoms with E-state index >= 15 is 0 Å². The Balaban J connectivity index is 1.61. The van der Waals surface area contributed by atoms with Gasteiger partial charge in [-0.3, -0.25) is 9.89 Å². The first-order valence-electron chi connectivity index (χ1n) is 7.21. The number of likely N-dealkylation sites (tertiary alicyclic amines) is 1. The maximum atomic E-state index is 12.4. The maximum Gasteiger partial charge on any atom is 0.256 e. The Morgan fingerprint density at radius 1 is 1.32 bits per heavy atom. The van der Waals surface area contributed by atoms with Crippen LogP contribution in [0.4, 0.5) is 0 Å². The summed E-state index contributed by atoms with van der Waals surface area (Å²) < 4.78 is 0. The van der Waals surface area contributed by atoms with Gasteiger partial charge in [-0.25, -0.2) is 15.0 Å². The summed E-state index contributed by atoms with van der Waals surface area (Å²) in [6.45, 7) is 3.32. The van der Waals surface area contributed by atoms with Crippen molar-refractivity contribution in [3.8, 4) is 0 Å². The van der Waals surface area contributed by atoms with Gasteiger partial charge in [-0.2, -0.15) is 5.10 Å². The van der Waals surface area contributed by atoms with E-state index in [1.165, 1.54) is 11.8 Å². The smallest absolute Gasteiger partial charge is 0.256 e. The largest absolute Gasteiger partial charge is 0.339 e. The van der Waals surface area contributed by atoms with Gasteiger partial charge in [0, 0.05) is 31.4 Å². The molecule has 0 aliphatic carbocycles. The zero-order chi connectivity index (χ0) is 15.5. The van der Waals surface area contributed by atoms with Gasteiger partial charge >= 0.3 is 0 Å². The molecule has 1 aliphatic heterocycles. The first-order chi connectivity index (χ1) is 10.7. The minimum absolute atomic E-state index is 0.00253. The Hall–Kier alpha value is -1.96. The molecule has 0 spiro atoms. The average molecular weight is 318 g/mol. The summed E-state index contributed by atoms with van der Waals surface area (Å²) in [5.41, 5.74) is 0.546. The van der Waals surface area contributed by atoms with Crippen molar-refractivity contribution in [2.45, 2.75) is 30.8 Å². The van der Waals surface area contributed by atoms with E-state index in [2.05, 4.69) is 25.1 Å². The number of nitrogens with zero attached hydrogens (tertiary/aromatic N) is 5. The molecule has 1 amide bonds. The molecule has 1 N–H and O–H groups in total. The lowest BCUT2D eigenvalue weighted by molar-refractivity contribution is 0.0710. The van der Waals surface area contributed by atoms with Crippen molar-refractivity contribution in [3.05, 3.63) is 29.6 Å². The molecule has 7 nitrogen and oxygen atoms in total. The molecule has 1 aliphatic rings. The summed E-state index contributed by atoms with van der Waals surface area (Å²) in [6.07, 6.45) is 6.88. The minimum atomic E-state index is -0.00253. The number of aromatic amines is 1. The van der Waals surface area contributed by atoms with Crippen molar-refractivity contribution in [2.24, 2.45) is 0 Å². The van der Waals surface area contributed by atoms with Gasteiger partial charge in [0.1, 0.15) is 5.82 Å². The summed E-state index contributed by atoms with van der Waals surface area (Å²) in [7, 11) is 0. The molecule has 116 valence electrons. The fourth-order valence-electron chi connectivity index (χ4n) is 2.60. The Morgan fingerprint density at radius 2 is 2.00 bits per heavy atom. The Labute approximate surface area is 133 Å². The molecule has 0 bridgehead atoms. The molecule has 2 aromatic rings. The molecule has 0 radical (unpaired) electrons. The van der Waals surface area contributed by atoms with Gasteiger partial charge in [0.2, 0.25) is 0 Å². The Kier molecular flexibility index (Phi) is 4.37. The standard InChI is InChI=1S/C14H18N6OS/c1-9-17-12(19-18-9)10-3-5-20(6-4-10)13(21)11-7-15-14(22-2)16-8-11/h7-8,10H,3-6H2,1-2H3,(H,17,18,19). The zero-order valence-electron chi connectivity index (χ0n) is 12.6. The highest BCUT2D eigenvalue weighted by Gasteiger charge is 2.26. The van der Waals surface area contributed by atoms with E-state index in [4.69, 9.17) is 0 Å². The van der Waals surface area contributed by atoms with Crippen LogP contribution in [0.5, 0.6) is 0 Å². The average Bonchev–Trinajstić information content (AvgIpc) is 3.01. The number of nitrogens with one attached hydrogen (secondary N) is 1. The highest BCUT2D eigenvalue weighted by molar-refractivity contribution is 7.98. The van der Waals surface area contributed by atoms with Gasteiger partial charge in [-0.15, -0.1) is 0 Å². The van der Waals surface area contributed by atoms with Crippen LogP contribution in [0, 0.1) is 6.92 Å². The molecule has 0 saturated carbocycles. The number of hydrogen-bond donors (Lipinski definition) is 1. The van der Waals surface area contributed by atoms with Gasteiger partial charge in [-0.1, -0.05) is 11.8 Å². The fourth-order valence-corrected chi connectivity index (χ4v) is 2.91. The first-order valence-corrected chi connectivity index (χ1v) is 8.44. The van der Waals surface area contributed by atoms with Crippen molar-refractivity contribution >= 4 is 17.7 Å². The highest BCUT2D eigenvalue weighted by Crippen LogP contribution is 2.26. The van der Waals surface area contributed by atoms with E-state index in [1.54, 1.807) is 12.4 Å². The molecule has 2 aromatic heterocycles. The van der Waals surface area contributed by atoms with Crippen molar-refractivity contribution < 1.29 is 4.79 Å². The summed E-state index contributed by atoms with van der Waals surface area (Å²) in [6, 6.07) is 0. The third kappa shape index (κ3) is 3.11. The molecule has 0 aromatic carbocycles. The topological polar surface area (TPSA) is 87.7 Å². The van der Waals surface area contributed by atoms with Crippen LogP contribution in [-0.2, 0) is 0 Å². The minimum Gasteiger partial charge on any atom is -0.339 e. The van der Waals surface area contributed by atoms with E-state index in [9.17, 15) is 4.79 Å². The second kappa shape index (κ2) is 6.43. The zero-order valence-corrected chi connectivity index (χ0v) is 13.4. The monoisotopic (exact) mass is 318 g/mol. The molecule has 1 fully saturated rings. The van der Waals surface area contributed by atoms with Crippen molar-refractivity contribution in [3.63, 3.8) is 0 Å². The fraction of sp³-hybridized carbons (Fsp3) is 0.500. The summed E-state index contributed by atoms with van der Waals surface area (Å²) in [5.74, 6) is 2.01. The van der Waals surface area contributed by atoms with E-state index < -0.39 is 0 Å². The van der Waals surface area contributed by atoms with Crippen LogP contribution in [0.25, 0.3) is 0 Å². The van der Waals surface area contributed by atoms with E-state index in [-0.39, 0.29) is 5.91 Å². The van der Waals surface area contributed by atoms with Crippen molar-refractivity contribution in [1.82, 2.24) is 30.0 Å². The lowest BCUT2D eigenvalue weighted by Gasteiger charge is -2.30. The van der Waals surface area contributed by atoms with E-state index in [0.717, 1.165) is 24.5 Å². The predicted octanol–water partition coefficient (Wildman–Crippen LogP) is 1.64. The number of hydrogen-bond acceptors (Lipinski definition) is 6. The van der Waals surface area contributed by atoms with E-state index in [0.29, 0.717) is 29.7 Å². The summed E-state index contributed by atoms with van der Waals surface area (Å²) in [5, 5.41) is 7.78. The van der Waals surface area contributed by atoms with Crippen LogP contribution < -0.4 is 0 Å². The number of carbonyl (C=O) groups is 1. The summed E-state index contributed by atoms with van der Waals surface area (Å²) >= 11 is 1.46. The van der Waals surface area contributed by atoms with Crippen LogP contribution in [0.2, 0.25) is 0 Å².